The Hall–Kier alpha value is -1.09. The summed E-state index contributed by atoms with van der Waals surface area (Å²) in [7, 11) is 1.98. The van der Waals surface area contributed by atoms with E-state index in [1.165, 1.54) is 11.3 Å². The smallest absolute Gasteiger partial charge is 0.100 e. The average Bonchev–Trinajstić information content (AvgIpc) is 2.40. The van der Waals surface area contributed by atoms with Gasteiger partial charge >= 0.3 is 0 Å². The van der Waals surface area contributed by atoms with Gasteiger partial charge in [-0.3, -0.25) is 4.68 Å². The fourth-order valence-electron chi connectivity index (χ4n) is 2.13. The number of hydrogen-bond acceptors (Lipinski definition) is 2. The van der Waals surface area contributed by atoms with Crippen molar-refractivity contribution in [2.24, 2.45) is 7.05 Å². The summed E-state index contributed by atoms with van der Waals surface area (Å²) in [5, 5.41) is 4.26. The molecule has 0 fully saturated rings. The molecule has 0 unspecified atom stereocenters. The Morgan fingerprint density at radius 3 is 3.00 bits per heavy atom. The van der Waals surface area contributed by atoms with E-state index in [0.717, 1.165) is 12.8 Å². The second-order valence-electron chi connectivity index (χ2n) is 4.17. The summed E-state index contributed by atoms with van der Waals surface area (Å²) in [6.45, 7) is 4.18. The van der Waals surface area contributed by atoms with Crippen molar-refractivity contribution in [2.45, 2.75) is 38.9 Å². The molecule has 2 rings (SSSR count). The highest BCUT2D eigenvalue weighted by Gasteiger charge is 2.21. The van der Waals surface area contributed by atoms with Gasteiger partial charge in [0, 0.05) is 7.05 Å². The summed E-state index contributed by atoms with van der Waals surface area (Å²) in [5.74, 6) is 0. The van der Waals surface area contributed by atoms with E-state index in [2.05, 4.69) is 31.1 Å². The van der Waals surface area contributed by atoms with Crippen LogP contribution in [0.15, 0.2) is 18.3 Å². The molecule has 0 bridgehead atoms. The zero-order valence-corrected chi connectivity index (χ0v) is 9.60. The molecule has 0 radical (unpaired) electrons. The van der Waals surface area contributed by atoms with Gasteiger partial charge in [-0.15, -0.1) is 0 Å². The molecule has 0 aromatic carbocycles. The number of aryl methyl sites for hydroxylation is 2. The number of rotatable bonds is 1. The third kappa shape index (κ3) is 2.12. The number of allylic oxidation sites excluding steroid dienone is 1. The Labute approximate surface area is 90.7 Å². The molecule has 2 heterocycles. The second kappa shape index (κ2) is 4.19. The molecular weight excluding hydrogens is 188 g/mol. The van der Waals surface area contributed by atoms with Crippen LogP contribution in [0.2, 0.25) is 0 Å². The zero-order chi connectivity index (χ0) is 10.8. The molecular formula is C12H18N2O. The fourth-order valence-corrected chi connectivity index (χ4v) is 2.13. The second-order valence-corrected chi connectivity index (χ2v) is 4.17. The SMILES string of the molecule is Cc1cnn(C)c1[C@@H]1CCC=C[C@H](C)O1. The predicted octanol–water partition coefficient (Wildman–Crippen LogP) is 2.52. The van der Waals surface area contributed by atoms with E-state index in [1.54, 1.807) is 0 Å². The van der Waals surface area contributed by atoms with Gasteiger partial charge in [0.05, 0.1) is 18.0 Å². The predicted molar refractivity (Wildman–Crippen MR) is 59.6 cm³/mol. The minimum atomic E-state index is 0.183. The molecule has 82 valence electrons. The maximum atomic E-state index is 5.97. The van der Waals surface area contributed by atoms with Crippen LogP contribution < -0.4 is 0 Å². The van der Waals surface area contributed by atoms with Crippen LogP contribution in [0.3, 0.4) is 0 Å². The van der Waals surface area contributed by atoms with Crippen molar-refractivity contribution in [1.29, 1.82) is 0 Å². The highest BCUT2D eigenvalue weighted by molar-refractivity contribution is 5.19. The van der Waals surface area contributed by atoms with Crippen molar-refractivity contribution >= 4 is 0 Å². The van der Waals surface area contributed by atoms with Gasteiger partial charge in [0.15, 0.2) is 0 Å². The van der Waals surface area contributed by atoms with Gasteiger partial charge < -0.3 is 4.74 Å². The normalized spacial score (nSPS) is 26.6. The van der Waals surface area contributed by atoms with E-state index in [-0.39, 0.29) is 12.2 Å². The highest BCUT2D eigenvalue weighted by Crippen LogP contribution is 2.28. The maximum absolute atomic E-state index is 5.97. The van der Waals surface area contributed by atoms with Crippen LogP contribution in [0.25, 0.3) is 0 Å². The highest BCUT2D eigenvalue weighted by atomic mass is 16.5. The topological polar surface area (TPSA) is 27.1 Å². The van der Waals surface area contributed by atoms with Gasteiger partial charge in [-0.25, -0.2) is 0 Å². The number of ether oxygens (including phenoxy) is 1. The maximum Gasteiger partial charge on any atom is 0.100 e. The van der Waals surface area contributed by atoms with Crippen LogP contribution in [0.4, 0.5) is 0 Å². The lowest BCUT2D eigenvalue weighted by Crippen LogP contribution is -2.14. The van der Waals surface area contributed by atoms with E-state index in [0.29, 0.717) is 0 Å². The van der Waals surface area contributed by atoms with Crippen molar-refractivity contribution in [1.82, 2.24) is 9.78 Å². The van der Waals surface area contributed by atoms with Crippen molar-refractivity contribution in [3.05, 3.63) is 29.6 Å². The molecule has 0 aliphatic carbocycles. The van der Waals surface area contributed by atoms with Crippen molar-refractivity contribution in [3.8, 4) is 0 Å². The molecule has 1 aliphatic heterocycles. The molecule has 0 N–H and O–H groups in total. The third-order valence-corrected chi connectivity index (χ3v) is 2.86. The lowest BCUT2D eigenvalue weighted by atomic mass is 10.1. The van der Waals surface area contributed by atoms with Crippen molar-refractivity contribution in [3.63, 3.8) is 0 Å². The minimum absolute atomic E-state index is 0.183. The lowest BCUT2D eigenvalue weighted by Gasteiger charge is -2.19. The molecule has 0 saturated carbocycles. The van der Waals surface area contributed by atoms with Gasteiger partial charge in [0.2, 0.25) is 0 Å². The van der Waals surface area contributed by atoms with Crippen LogP contribution in [-0.4, -0.2) is 15.9 Å². The van der Waals surface area contributed by atoms with E-state index in [4.69, 9.17) is 4.74 Å². The van der Waals surface area contributed by atoms with E-state index in [9.17, 15) is 0 Å². The first-order chi connectivity index (χ1) is 7.18. The fraction of sp³-hybridized carbons (Fsp3) is 0.583. The quantitative estimate of drug-likeness (QED) is 0.660. The summed E-state index contributed by atoms with van der Waals surface area (Å²) in [6.07, 6.45) is 8.75. The Balaban J connectivity index is 2.23. The van der Waals surface area contributed by atoms with E-state index in [1.807, 2.05) is 17.9 Å². The monoisotopic (exact) mass is 206 g/mol. The first-order valence-electron chi connectivity index (χ1n) is 5.49. The molecule has 3 nitrogen and oxygen atoms in total. The first kappa shape index (κ1) is 10.4. The zero-order valence-electron chi connectivity index (χ0n) is 9.60. The van der Waals surface area contributed by atoms with Crippen LogP contribution in [0.1, 0.15) is 37.1 Å². The van der Waals surface area contributed by atoms with Gasteiger partial charge in [-0.05, 0) is 32.3 Å². The Morgan fingerprint density at radius 2 is 2.33 bits per heavy atom. The number of aromatic nitrogens is 2. The van der Waals surface area contributed by atoms with Crippen LogP contribution in [-0.2, 0) is 11.8 Å². The molecule has 2 atom stereocenters. The molecule has 3 heteroatoms. The first-order valence-corrected chi connectivity index (χ1v) is 5.49. The summed E-state index contributed by atoms with van der Waals surface area (Å²) in [4.78, 5) is 0. The molecule has 0 spiro atoms. The lowest BCUT2D eigenvalue weighted by molar-refractivity contribution is 0.0160. The van der Waals surface area contributed by atoms with Crippen molar-refractivity contribution < 1.29 is 4.74 Å². The molecule has 1 aromatic heterocycles. The van der Waals surface area contributed by atoms with Gasteiger partial charge in [-0.2, -0.15) is 5.10 Å². The standard InChI is InChI=1S/C12H18N2O/c1-9-8-13-14(3)12(9)11-7-5-4-6-10(2)15-11/h4,6,8,10-11H,5,7H2,1-3H3/t10-,11-/m0/s1. The minimum Gasteiger partial charge on any atom is -0.365 e. The summed E-state index contributed by atoms with van der Waals surface area (Å²) < 4.78 is 7.90. The van der Waals surface area contributed by atoms with E-state index < -0.39 is 0 Å². The van der Waals surface area contributed by atoms with Crippen molar-refractivity contribution in [2.75, 3.05) is 0 Å². The summed E-state index contributed by atoms with van der Waals surface area (Å²) >= 11 is 0. The molecule has 1 aromatic rings. The Bertz CT molecular complexity index is 348. The molecule has 15 heavy (non-hydrogen) atoms. The Morgan fingerprint density at radius 1 is 1.53 bits per heavy atom. The van der Waals surface area contributed by atoms with Crippen LogP contribution in [0, 0.1) is 6.92 Å². The molecule has 0 saturated heterocycles. The molecule has 0 amide bonds. The average molecular weight is 206 g/mol. The van der Waals surface area contributed by atoms with Crippen LogP contribution in [0.5, 0.6) is 0 Å². The molecule has 1 aliphatic rings. The third-order valence-electron chi connectivity index (χ3n) is 2.86. The summed E-state index contributed by atoms with van der Waals surface area (Å²) in [6, 6.07) is 0. The summed E-state index contributed by atoms with van der Waals surface area (Å²) in [5.41, 5.74) is 2.43. The largest absolute Gasteiger partial charge is 0.365 e. The number of nitrogens with zero attached hydrogens (tertiary/aromatic N) is 2. The van der Waals surface area contributed by atoms with Gasteiger partial charge in [0.1, 0.15) is 6.10 Å². The number of hydrogen-bond donors (Lipinski definition) is 0. The Kier molecular flexibility index (Phi) is 2.91. The van der Waals surface area contributed by atoms with Crippen LogP contribution >= 0.6 is 0 Å². The van der Waals surface area contributed by atoms with Gasteiger partial charge in [-0.1, -0.05) is 12.2 Å². The van der Waals surface area contributed by atoms with E-state index >= 15 is 0 Å². The van der Waals surface area contributed by atoms with Gasteiger partial charge in [0.25, 0.3) is 0 Å².